The van der Waals surface area contributed by atoms with Crippen LogP contribution in [-0.4, -0.2) is 17.1 Å². The predicted octanol–water partition coefficient (Wildman–Crippen LogP) is 3.44. The monoisotopic (exact) mass is 281 g/mol. The molecule has 1 amide bonds. The number of benzene rings is 1. The number of fused-ring (bicyclic) bond motifs is 1. The van der Waals surface area contributed by atoms with E-state index in [0.29, 0.717) is 5.56 Å². The molecule has 0 saturated carbocycles. The molecule has 1 aromatic carbocycles. The quantitative estimate of drug-likeness (QED) is 0.804. The Kier molecular flexibility index (Phi) is 3.09. The largest absolute Gasteiger partial charge is 0.278 e. The summed E-state index contributed by atoms with van der Waals surface area (Å²) in [5, 5.41) is 10.2. The lowest BCUT2D eigenvalue weighted by Gasteiger charge is -2.25. The van der Waals surface area contributed by atoms with Gasteiger partial charge in [0, 0.05) is 16.0 Å². The molecule has 4 nitrogen and oxygen atoms in total. The van der Waals surface area contributed by atoms with Crippen molar-refractivity contribution in [3.8, 4) is 6.07 Å². The van der Waals surface area contributed by atoms with Gasteiger partial charge >= 0.3 is 0 Å². The number of amides is 1. The highest BCUT2D eigenvalue weighted by molar-refractivity contribution is 7.16. The molecule has 1 atom stereocenters. The van der Waals surface area contributed by atoms with Crippen LogP contribution in [-0.2, 0) is 0 Å². The van der Waals surface area contributed by atoms with Crippen LogP contribution in [0.2, 0.25) is 0 Å². The Morgan fingerprint density at radius 3 is 2.85 bits per heavy atom. The van der Waals surface area contributed by atoms with Gasteiger partial charge in [-0.05, 0) is 25.1 Å². The van der Waals surface area contributed by atoms with Crippen LogP contribution in [0.4, 0.5) is 5.00 Å². The molecule has 20 heavy (non-hydrogen) atoms. The third kappa shape index (κ3) is 2.00. The Morgan fingerprint density at radius 1 is 1.40 bits per heavy atom. The molecule has 1 aromatic heterocycles. The molecule has 3 rings (SSSR count). The highest BCUT2D eigenvalue weighted by Gasteiger charge is 2.30. The lowest BCUT2D eigenvalue weighted by molar-refractivity contribution is 0.0829. The first kappa shape index (κ1) is 12.6. The lowest BCUT2D eigenvalue weighted by Crippen LogP contribution is -2.34. The van der Waals surface area contributed by atoms with E-state index in [9.17, 15) is 10.1 Å². The molecular formula is C15H11N3OS. The number of nitriles is 1. The van der Waals surface area contributed by atoms with Crippen LogP contribution in [0.5, 0.6) is 0 Å². The number of thiophene rings is 1. The second-order valence-corrected chi connectivity index (χ2v) is 5.71. The fraction of sp³-hybridized carbons (Fsp3) is 0.133. The SMILES string of the molecule is Cc1cc2c(s1)N=CN(C(=O)c1ccccc1)C2C#N. The fourth-order valence-electron chi connectivity index (χ4n) is 2.18. The zero-order valence-electron chi connectivity index (χ0n) is 10.8. The second-order valence-electron chi connectivity index (χ2n) is 4.47. The minimum Gasteiger partial charge on any atom is -0.278 e. The molecule has 0 aliphatic carbocycles. The number of carbonyl (C=O) groups excluding carboxylic acids is 1. The summed E-state index contributed by atoms with van der Waals surface area (Å²) in [6, 6.07) is 12.4. The van der Waals surface area contributed by atoms with Crippen molar-refractivity contribution in [1.82, 2.24) is 4.90 Å². The van der Waals surface area contributed by atoms with Crippen molar-refractivity contribution in [2.45, 2.75) is 13.0 Å². The first-order chi connectivity index (χ1) is 9.70. The molecule has 0 radical (unpaired) electrons. The van der Waals surface area contributed by atoms with E-state index >= 15 is 0 Å². The number of carbonyl (C=O) groups is 1. The van der Waals surface area contributed by atoms with Gasteiger partial charge in [0.05, 0.1) is 6.07 Å². The van der Waals surface area contributed by atoms with Crippen molar-refractivity contribution in [2.75, 3.05) is 0 Å². The highest BCUT2D eigenvalue weighted by atomic mass is 32.1. The molecule has 2 aromatic rings. The van der Waals surface area contributed by atoms with E-state index in [0.717, 1.165) is 15.4 Å². The maximum absolute atomic E-state index is 12.5. The van der Waals surface area contributed by atoms with Crippen molar-refractivity contribution in [3.05, 3.63) is 52.4 Å². The van der Waals surface area contributed by atoms with Crippen LogP contribution in [0.15, 0.2) is 41.4 Å². The summed E-state index contributed by atoms with van der Waals surface area (Å²) in [7, 11) is 0. The third-order valence-electron chi connectivity index (χ3n) is 3.11. The van der Waals surface area contributed by atoms with Crippen molar-refractivity contribution in [2.24, 2.45) is 4.99 Å². The van der Waals surface area contributed by atoms with Gasteiger partial charge in [0.1, 0.15) is 11.3 Å². The van der Waals surface area contributed by atoms with Gasteiger partial charge in [0.2, 0.25) is 0 Å². The van der Waals surface area contributed by atoms with Gasteiger partial charge in [0.25, 0.3) is 5.91 Å². The smallest absolute Gasteiger partial charge is 0.260 e. The van der Waals surface area contributed by atoms with Crippen LogP contribution >= 0.6 is 11.3 Å². The minimum atomic E-state index is -0.611. The summed E-state index contributed by atoms with van der Waals surface area (Å²) in [5.74, 6) is -0.213. The lowest BCUT2D eigenvalue weighted by atomic mass is 10.1. The van der Waals surface area contributed by atoms with Gasteiger partial charge in [-0.15, -0.1) is 11.3 Å². The van der Waals surface area contributed by atoms with Gasteiger partial charge in [-0.2, -0.15) is 5.26 Å². The Labute approximate surface area is 120 Å². The van der Waals surface area contributed by atoms with Crippen molar-refractivity contribution < 1.29 is 4.79 Å². The maximum Gasteiger partial charge on any atom is 0.260 e. The molecule has 0 saturated heterocycles. The first-order valence-electron chi connectivity index (χ1n) is 6.12. The maximum atomic E-state index is 12.5. The van der Waals surface area contributed by atoms with Crippen molar-refractivity contribution in [1.29, 1.82) is 5.26 Å². The molecule has 98 valence electrons. The fourth-order valence-corrected chi connectivity index (χ4v) is 3.06. The second kappa shape index (κ2) is 4.91. The van der Waals surface area contributed by atoms with Gasteiger partial charge in [0.15, 0.2) is 6.04 Å². The Morgan fingerprint density at radius 2 is 2.15 bits per heavy atom. The molecule has 1 unspecified atom stereocenters. The molecule has 1 aliphatic heterocycles. The number of aryl methyl sites for hydroxylation is 1. The summed E-state index contributed by atoms with van der Waals surface area (Å²) in [6.45, 7) is 1.97. The minimum absolute atomic E-state index is 0.213. The van der Waals surface area contributed by atoms with Crippen LogP contribution in [0, 0.1) is 18.3 Å². The van der Waals surface area contributed by atoms with Gasteiger partial charge in [-0.1, -0.05) is 18.2 Å². The average Bonchev–Trinajstić information content (AvgIpc) is 2.86. The molecule has 2 heterocycles. The van der Waals surface area contributed by atoms with Crippen LogP contribution in [0.1, 0.15) is 26.8 Å². The van der Waals surface area contributed by atoms with Gasteiger partial charge < -0.3 is 0 Å². The molecule has 1 aliphatic rings. The predicted molar refractivity (Wildman–Crippen MR) is 78.2 cm³/mol. The molecule has 0 N–H and O–H groups in total. The standard InChI is InChI=1S/C15H11N3OS/c1-10-7-12-13(8-16)18(9-17-14(12)20-10)15(19)11-5-3-2-4-6-11/h2-7,9,13H,1H3. The molecular weight excluding hydrogens is 270 g/mol. The molecule has 5 heteroatoms. The van der Waals surface area contributed by atoms with E-state index in [-0.39, 0.29) is 5.91 Å². The molecule has 0 fully saturated rings. The summed E-state index contributed by atoms with van der Waals surface area (Å²) in [4.78, 5) is 19.2. The number of nitrogens with zero attached hydrogens (tertiary/aromatic N) is 3. The van der Waals surface area contributed by atoms with Gasteiger partial charge in [-0.25, -0.2) is 4.99 Å². The third-order valence-corrected chi connectivity index (χ3v) is 4.09. The normalized spacial score (nSPS) is 16.6. The number of hydrogen-bond donors (Lipinski definition) is 0. The Hall–Kier alpha value is -2.45. The number of rotatable bonds is 1. The number of hydrogen-bond acceptors (Lipinski definition) is 4. The number of aliphatic imine (C=N–C) groups is 1. The van der Waals surface area contributed by atoms with E-state index in [4.69, 9.17) is 0 Å². The van der Waals surface area contributed by atoms with Gasteiger partial charge in [-0.3, -0.25) is 9.69 Å². The van der Waals surface area contributed by atoms with Crippen molar-refractivity contribution >= 4 is 28.6 Å². The average molecular weight is 281 g/mol. The Bertz CT molecular complexity index is 727. The van der Waals surface area contributed by atoms with E-state index in [1.54, 1.807) is 24.3 Å². The molecule has 0 spiro atoms. The van der Waals surface area contributed by atoms with E-state index in [2.05, 4.69) is 11.1 Å². The zero-order valence-corrected chi connectivity index (χ0v) is 11.6. The van der Waals surface area contributed by atoms with Crippen molar-refractivity contribution in [3.63, 3.8) is 0 Å². The molecule has 0 bridgehead atoms. The summed E-state index contributed by atoms with van der Waals surface area (Å²) < 4.78 is 0. The van der Waals surface area contributed by atoms with Crippen LogP contribution in [0.25, 0.3) is 0 Å². The first-order valence-corrected chi connectivity index (χ1v) is 6.94. The van der Waals surface area contributed by atoms with E-state index in [1.165, 1.54) is 22.6 Å². The van der Waals surface area contributed by atoms with Crippen LogP contribution in [0.3, 0.4) is 0 Å². The summed E-state index contributed by atoms with van der Waals surface area (Å²) >= 11 is 1.53. The topological polar surface area (TPSA) is 56.5 Å². The summed E-state index contributed by atoms with van der Waals surface area (Å²) in [5.41, 5.74) is 1.36. The van der Waals surface area contributed by atoms with E-state index in [1.807, 2.05) is 19.1 Å². The van der Waals surface area contributed by atoms with E-state index < -0.39 is 6.04 Å². The highest BCUT2D eigenvalue weighted by Crippen LogP contribution is 2.39. The zero-order chi connectivity index (χ0) is 14.1. The van der Waals surface area contributed by atoms with Crippen LogP contribution < -0.4 is 0 Å². The summed E-state index contributed by atoms with van der Waals surface area (Å²) in [6.07, 6.45) is 1.46. The Balaban J connectivity index is 2.00.